The predicted octanol–water partition coefficient (Wildman–Crippen LogP) is 4.03. The van der Waals surface area contributed by atoms with E-state index in [4.69, 9.17) is 19.1 Å². The molecule has 27 heavy (non-hydrogen) atoms. The van der Waals surface area contributed by atoms with E-state index in [9.17, 15) is 4.79 Å². The molecule has 4 rings (SSSR count). The molecule has 3 heterocycles. The molecule has 1 aromatic carbocycles. The summed E-state index contributed by atoms with van der Waals surface area (Å²) in [7, 11) is 0. The Morgan fingerprint density at radius 2 is 1.96 bits per heavy atom. The number of carbonyl (C=O) groups is 1. The largest absolute Gasteiger partial charge is 0.450 e. The average molecular weight is 365 g/mol. The van der Waals surface area contributed by atoms with E-state index in [1.807, 2.05) is 36.4 Å². The molecule has 1 saturated heterocycles. The van der Waals surface area contributed by atoms with Gasteiger partial charge in [0, 0.05) is 24.9 Å². The first-order valence-corrected chi connectivity index (χ1v) is 9.46. The van der Waals surface area contributed by atoms with Gasteiger partial charge in [-0.05, 0) is 31.4 Å². The van der Waals surface area contributed by atoms with Crippen LogP contribution in [0.15, 0.2) is 40.8 Å². The highest BCUT2D eigenvalue weighted by molar-refractivity contribution is 6.05. The van der Waals surface area contributed by atoms with E-state index in [0.717, 1.165) is 53.7 Å². The second kappa shape index (κ2) is 8.31. The second-order valence-electron chi connectivity index (χ2n) is 6.66. The van der Waals surface area contributed by atoms with Gasteiger partial charge in [-0.2, -0.15) is 0 Å². The van der Waals surface area contributed by atoms with E-state index in [1.54, 1.807) is 0 Å². The van der Waals surface area contributed by atoms with E-state index in [1.165, 1.54) is 12.8 Å². The Bertz CT molecular complexity index is 958. The van der Waals surface area contributed by atoms with E-state index in [0.29, 0.717) is 25.5 Å². The fraction of sp³-hybridized carbons (Fsp3) is 0.381. The molecule has 0 saturated carbocycles. The van der Waals surface area contributed by atoms with Crippen LogP contribution in [-0.4, -0.2) is 36.0 Å². The molecule has 0 spiro atoms. The summed E-state index contributed by atoms with van der Waals surface area (Å²) >= 11 is 0. The summed E-state index contributed by atoms with van der Waals surface area (Å²) in [5.41, 5.74) is 2.44. The number of para-hydroxylation sites is 1. The molecule has 0 atom stereocenters. The number of allylic oxidation sites excluding steroid dienone is 1. The maximum Gasteiger partial charge on any atom is 0.196 e. The molecule has 0 unspecified atom stereocenters. The van der Waals surface area contributed by atoms with Crippen molar-refractivity contribution in [2.24, 2.45) is 0 Å². The molecule has 6 heteroatoms. The lowest BCUT2D eigenvalue weighted by molar-refractivity contribution is -0.107. The first kappa shape index (κ1) is 17.7. The van der Waals surface area contributed by atoms with Crippen molar-refractivity contribution in [3.05, 3.63) is 42.2 Å². The Kier molecular flexibility index (Phi) is 5.44. The summed E-state index contributed by atoms with van der Waals surface area (Å²) < 4.78 is 11.8. The molecule has 1 aliphatic heterocycles. The molecule has 0 N–H and O–H groups in total. The molecule has 0 bridgehead atoms. The molecular formula is C21H23N3O3. The number of aromatic nitrogens is 2. The van der Waals surface area contributed by atoms with Crippen molar-refractivity contribution in [3.63, 3.8) is 0 Å². The van der Waals surface area contributed by atoms with Gasteiger partial charge in [-0.15, -0.1) is 0 Å². The van der Waals surface area contributed by atoms with Crippen molar-refractivity contribution in [2.45, 2.75) is 32.3 Å². The van der Waals surface area contributed by atoms with Crippen LogP contribution in [0.4, 0.5) is 5.82 Å². The standard InChI is InChI=1S/C21H23N3O3/c25-13-7-1-2-8-14-26-15-18-22-19-16-9-3-4-10-17(16)27-20(19)21(23-18)24-11-5-6-12-24/h2-4,8-10,13H,1,5-7,11-12,14-15H2/b8-2+. The van der Waals surface area contributed by atoms with Crippen molar-refractivity contribution in [3.8, 4) is 0 Å². The van der Waals surface area contributed by atoms with Crippen LogP contribution in [0, 0.1) is 0 Å². The summed E-state index contributed by atoms with van der Waals surface area (Å²) in [6.45, 7) is 2.80. The van der Waals surface area contributed by atoms with E-state index in [2.05, 4.69) is 4.90 Å². The third-order valence-corrected chi connectivity index (χ3v) is 4.72. The number of fused-ring (bicyclic) bond motifs is 3. The third-order valence-electron chi connectivity index (χ3n) is 4.72. The zero-order valence-electron chi connectivity index (χ0n) is 15.3. The number of aldehydes is 1. The van der Waals surface area contributed by atoms with Crippen LogP contribution in [0.5, 0.6) is 0 Å². The Hall–Kier alpha value is -2.73. The normalized spacial score (nSPS) is 14.7. The number of benzene rings is 1. The zero-order chi connectivity index (χ0) is 18.5. The Morgan fingerprint density at radius 1 is 1.11 bits per heavy atom. The quantitative estimate of drug-likeness (QED) is 0.341. The highest BCUT2D eigenvalue weighted by atomic mass is 16.5. The van der Waals surface area contributed by atoms with E-state index in [-0.39, 0.29) is 0 Å². The Labute approximate surface area is 157 Å². The van der Waals surface area contributed by atoms with Gasteiger partial charge in [-0.1, -0.05) is 24.3 Å². The second-order valence-corrected chi connectivity index (χ2v) is 6.66. The number of hydrogen-bond acceptors (Lipinski definition) is 6. The molecule has 1 fully saturated rings. The SMILES string of the molecule is O=CCC/C=C/COCc1nc(N2CCCC2)c2oc3ccccc3c2n1. The van der Waals surface area contributed by atoms with Gasteiger partial charge in [0.25, 0.3) is 0 Å². The van der Waals surface area contributed by atoms with Gasteiger partial charge in [-0.25, -0.2) is 9.97 Å². The summed E-state index contributed by atoms with van der Waals surface area (Å²) in [5, 5.41) is 1.00. The van der Waals surface area contributed by atoms with Crippen molar-refractivity contribution >= 4 is 34.2 Å². The number of unbranched alkanes of at least 4 members (excludes halogenated alkanes) is 1. The molecule has 0 radical (unpaired) electrons. The smallest absolute Gasteiger partial charge is 0.196 e. The molecule has 140 valence electrons. The van der Waals surface area contributed by atoms with E-state index >= 15 is 0 Å². The van der Waals surface area contributed by atoms with E-state index < -0.39 is 0 Å². The average Bonchev–Trinajstić information content (AvgIpc) is 3.35. The number of carbonyl (C=O) groups excluding carboxylic acids is 1. The minimum atomic E-state index is 0.342. The fourth-order valence-corrected chi connectivity index (χ4v) is 3.40. The van der Waals surface area contributed by atoms with Crippen LogP contribution < -0.4 is 4.90 Å². The number of furan rings is 1. The molecule has 2 aromatic heterocycles. The number of ether oxygens (including phenoxy) is 1. The summed E-state index contributed by atoms with van der Waals surface area (Å²) in [4.78, 5) is 22.0. The highest BCUT2D eigenvalue weighted by Gasteiger charge is 2.22. The topological polar surface area (TPSA) is 68.5 Å². The van der Waals surface area contributed by atoms with Crippen molar-refractivity contribution in [1.29, 1.82) is 0 Å². The molecule has 3 aromatic rings. The molecule has 6 nitrogen and oxygen atoms in total. The van der Waals surface area contributed by atoms with Crippen molar-refractivity contribution in [1.82, 2.24) is 9.97 Å². The number of rotatable bonds is 8. The zero-order valence-corrected chi connectivity index (χ0v) is 15.3. The summed E-state index contributed by atoms with van der Waals surface area (Å²) in [6, 6.07) is 7.96. The van der Waals surface area contributed by atoms with Gasteiger partial charge in [0.2, 0.25) is 0 Å². The number of hydrogen-bond donors (Lipinski definition) is 0. The van der Waals surface area contributed by atoms with Crippen LogP contribution in [0.25, 0.3) is 22.1 Å². The Morgan fingerprint density at radius 3 is 2.81 bits per heavy atom. The van der Waals surface area contributed by atoms with Gasteiger partial charge in [-0.3, -0.25) is 0 Å². The highest BCUT2D eigenvalue weighted by Crippen LogP contribution is 2.34. The minimum absolute atomic E-state index is 0.342. The lowest BCUT2D eigenvalue weighted by Crippen LogP contribution is -2.20. The van der Waals surface area contributed by atoms with Crippen molar-refractivity contribution < 1.29 is 13.9 Å². The van der Waals surface area contributed by atoms with Crippen molar-refractivity contribution in [2.75, 3.05) is 24.6 Å². The van der Waals surface area contributed by atoms with Gasteiger partial charge in [0.15, 0.2) is 17.2 Å². The van der Waals surface area contributed by atoms with Crippen LogP contribution in [-0.2, 0) is 16.1 Å². The Balaban J connectivity index is 1.59. The molecule has 0 amide bonds. The lowest BCUT2D eigenvalue weighted by atomic mass is 10.2. The summed E-state index contributed by atoms with van der Waals surface area (Å²) in [5.74, 6) is 1.53. The first-order chi connectivity index (χ1) is 13.4. The fourth-order valence-electron chi connectivity index (χ4n) is 3.40. The predicted molar refractivity (Wildman–Crippen MR) is 105 cm³/mol. The van der Waals surface area contributed by atoms with Crippen LogP contribution >= 0.6 is 0 Å². The van der Waals surface area contributed by atoms with Gasteiger partial charge in [0.05, 0.1) is 6.61 Å². The number of nitrogens with zero attached hydrogens (tertiary/aromatic N) is 3. The first-order valence-electron chi connectivity index (χ1n) is 9.46. The number of anilines is 1. The molecule has 1 aliphatic rings. The maximum absolute atomic E-state index is 10.3. The molecule has 0 aliphatic carbocycles. The maximum atomic E-state index is 10.3. The van der Waals surface area contributed by atoms with Crippen LogP contribution in [0.1, 0.15) is 31.5 Å². The van der Waals surface area contributed by atoms with Gasteiger partial charge in [0.1, 0.15) is 24.0 Å². The van der Waals surface area contributed by atoms with Gasteiger partial charge >= 0.3 is 0 Å². The van der Waals surface area contributed by atoms with Gasteiger partial charge < -0.3 is 18.8 Å². The monoisotopic (exact) mass is 365 g/mol. The summed E-state index contributed by atoms with van der Waals surface area (Å²) in [6.07, 6.45) is 8.43. The lowest BCUT2D eigenvalue weighted by Gasteiger charge is -2.17. The molecular weight excluding hydrogens is 342 g/mol. The van der Waals surface area contributed by atoms with Crippen LogP contribution in [0.2, 0.25) is 0 Å². The third kappa shape index (κ3) is 3.85. The minimum Gasteiger partial charge on any atom is -0.450 e. The van der Waals surface area contributed by atoms with Crippen LogP contribution in [0.3, 0.4) is 0 Å².